The van der Waals surface area contributed by atoms with Gasteiger partial charge >= 0.3 is 0 Å². The molecule has 0 fully saturated rings. The molecule has 0 aromatic heterocycles. The second kappa shape index (κ2) is 45.0. The van der Waals surface area contributed by atoms with Gasteiger partial charge in [0.1, 0.15) is 143 Å². The summed E-state index contributed by atoms with van der Waals surface area (Å²) in [5.74, 6) is 4.21. The van der Waals surface area contributed by atoms with Gasteiger partial charge in [-0.15, -0.1) is 0 Å². The van der Waals surface area contributed by atoms with Crippen molar-refractivity contribution >= 4 is 57.0 Å². The van der Waals surface area contributed by atoms with Gasteiger partial charge in [-0.05, 0) is 228 Å². The molecule has 31 nitrogen and oxygen atoms in total. The number of aromatic hydroxyl groups is 12. The number of fused-ring (bicyclic) bond motifs is 6. The molecular weight excluding hydrogens is 1870 g/mol. The van der Waals surface area contributed by atoms with E-state index in [1.54, 1.807) is 182 Å². The number of phenolic OH excluding ortho intramolecular Hbond substituents is 12. The van der Waals surface area contributed by atoms with Crippen molar-refractivity contribution in [2.75, 3.05) is 55.9 Å². The number of nitro groups is 1. The standard InChI is InChI=1S/C30H24N2O6.2C22H20N2O3.C21H17N3O5.C21H18N2O3/c33-19-5-1-17(2-6-19)25-15-37-27-13-21(35)9-11-23(27)29(25)31-32-30-24-12-10-22(36)14-28(24)38-16-26(30)18-3-7-20(34)8-4-18;1-14-2-6-16(7-3-14)23-24-22-19-11-10-18(26)12-21(19)27-13-20(22)15-4-8-17(25)9-5-15;25-17-8-6-16(7-9-17)20-14-27-21-12-18(26)10-11-19(21)22(20)24-23-13-15-4-2-1-3-5-15;25-16-7-1-13(2-8-16)19-12-29-20-11-17(26)9-10-18(20)21(19)23-22-14-3-5-15(6-4-14)24(27)28;24-16-8-6-14(7-9-16)19-13-26-20-12-17(25)10-11-18(20)21(19)23-22-15-4-2-1-3-5-15/h1-14,25-26,33-36H,15-16H2;2-12,20,23,25-26H,13H2,1H3;1-12,20,23,25-26H,13-14H2;1-11,19,22,25-26H,12H2;1-12,19,22,24-25H,13H2. The average molecular weight is 1970 g/mol. The second-order valence-electron chi connectivity index (χ2n) is 35.0. The molecule has 6 atom stereocenters. The minimum absolute atomic E-state index is 0.00272. The van der Waals surface area contributed by atoms with Gasteiger partial charge in [-0.25, -0.2) is 0 Å². The van der Waals surface area contributed by atoms with Crippen molar-refractivity contribution in [3.63, 3.8) is 0 Å². The lowest BCUT2D eigenvalue weighted by Gasteiger charge is -2.28. The lowest BCUT2D eigenvalue weighted by atomic mass is 9.87. The smallest absolute Gasteiger partial charge is 0.269 e. The first-order valence-corrected chi connectivity index (χ1v) is 46.9. The normalized spacial score (nSPS) is 17.9. The Morgan fingerprint density at radius 3 is 0.735 bits per heavy atom. The molecule has 147 heavy (non-hydrogen) atoms. The van der Waals surface area contributed by atoms with Crippen LogP contribution in [0.15, 0.2) is 395 Å². The van der Waals surface area contributed by atoms with Crippen molar-refractivity contribution in [3.8, 4) is 103 Å². The van der Waals surface area contributed by atoms with Crippen molar-refractivity contribution in [3.05, 3.63) is 452 Å². The largest absolute Gasteiger partial charge is 0.508 e. The van der Waals surface area contributed by atoms with Crippen LogP contribution in [0.3, 0.4) is 0 Å². The van der Waals surface area contributed by atoms with Crippen molar-refractivity contribution in [2.45, 2.75) is 49.0 Å². The molecule has 0 bridgehead atoms. The van der Waals surface area contributed by atoms with E-state index in [1.807, 2.05) is 171 Å². The Hall–Kier alpha value is -19.5. The van der Waals surface area contributed by atoms with Crippen molar-refractivity contribution in [1.82, 2.24) is 5.43 Å². The van der Waals surface area contributed by atoms with Crippen LogP contribution < -0.4 is 50.1 Å². The Kier molecular flexibility index (Phi) is 29.9. The molecule has 6 heterocycles. The molecule has 6 aliphatic rings. The number of nitrogens with zero attached hydrogens (tertiary/aromatic N) is 7. The Bertz CT molecular complexity index is 7460. The van der Waals surface area contributed by atoms with Crippen molar-refractivity contribution < 1.29 is 94.6 Å². The van der Waals surface area contributed by atoms with Crippen molar-refractivity contribution in [1.29, 1.82) is 0 Å². The first-order valence-electron chi connectivity index (χ1n) is 46.9. The van der Waals surface area contributed by atoms with Crippen LogP contribution in [0.25, 0.3) is 0 Å². The summed E-state index contributed by atoms with van der Waals surface area (Å²) in [4.78, 5) is 10.4. The quantitative estimate of drug-likeness (QED) is 0.0297. The summed E-state index contributed by atoms with van der Waals surface area (Å²) in [6.45, 7) is 4.72. The number of rotatable bonds is 17. The maximum Gasteiger partial charge on any atom is 0.269 e. The topological polar surface area (TPSA) is 464 Å². The number of phenols is 12. The van der Waals surface area contributed by atoms with E-state index in [-0.39, 0.29) is 123 Å². The van der Waals surface area contributed by atoms with Crippen LogP contribution in [0.2, 0.25) is 0 Å². The number of para-hydroxylation sites is 1. The van der Waals surface area contributed by atoms with Gasteiger partial charge in [-0.3, -0.25) is 26.4 Å². The average Bonchev–Trinajstić information content (AvgIpc) is 0.771. The van der Waals surface area contributed by atoms with Gasteiger partial charge in [0.15, 0.2) is 0 Å². The molecule has 0 aliphatic carbocycles. The molecule has 16 aromatic rings. The molecule has 31 heteroatoms. The Balaban J connectivity index is 0.000000121. The zero-order chi connectivity index (χ0) is 102. The summed E-state index contributed by atoms with van der Waals surface area (Å²) in [6, 6.07) is 105. The summed E-state index contributed by atoms with van der Waals surface area (Å²) < 4.78 is 35.3. The lowest BCUT2D eigenvalue weighted by Crippen LogP contribution is -2.28. The second-order valence-corrected chi connectivity index (χ2v) is 35.0. The SMILES string of the molecule is Cc1ccc(NN=C2c3ccc(O)cc3OCC2c2ccc(O)cc2)cc1.O=[N+]([O-])c1ccc(NN=C2c3ccc(O)cc3OCC2c2ccc(O)cc2)cc1.Oc1ccc(C2COc3cc(O)ccc3C2=NN=C2c3ccc(O)cc3OCC2c2ccc(O)cc2)cc1.Oc1ccc(C2COc3cc(O)ccc3C2=NNCc2ccccc2)cc1.Oc1ccc(C2COc3cc(O)ccc3C2=NNc2ccccc2)cc1. The number of hydrazone groups is 4. The number of nitro benzene ring substituents is 1. The van der Waals surface area contributed by atoms with Gasteiger partial charge in [0.2, 0.25) is 0 Å². The van der Waals surface area contributed by atoms with Gasteiger partial charge in [0.05, 0.1) is 98.3 Å². The van der Waals surface area contributed by atoms with Gasteiger partial charge in [-0.2, -0.15) is 30.6 Å². The van der Waals surface area contributed by atoms with E-state index >= 15 is 0 Å². The number of non-ortho nitro benzene ring substituents is 1. The van der Waals surface area contributed by atoms with Crippen LogP contribution in [0.4, 0.5) is 22.7 Å². The molecule has 0 saturated heterocycles. The minimum atomic E-state index is -0.461. The number of anilines is 3. The van der Waals surface area contributed by atoms with Gasteiger partial charge in [-0.1, -0.05) is 139 Å². The highest BCUT2D eigenvalue weighted by Crippen LogP contribution is 2.45. The van der Waals surface area contributed by atoms with E-state index in [0.29, 0.717) is 101 Å². The Morgan fingerprint density at radius 1 is 0.259 bits per heavy atom. The van der Waals surface area contributed by atoms with E-state index in [0.717, 1.165) is 89.7 Å². The number of hydrogen-bond donors (Lipinski definition) is 16. The maximum absolute atomic E-state index is 10.8. The van der Waals surface area contributed by atoms with Crippen LogP contribution in [-0.2, 0) is 6.54 Å². The van der Waals surface area contributed by atoms with E-state index in [9.17, 15) is 71.4 Å². The first-order chi connectivity index (χ1) is 71.5. The fraction of sp³-hybridized carbons (Fsp3) is 0.121. The molecule has 22 rings (SSSR count). The predicted octanol–water partition coefficient (Wildman–Crippen LogP) is 21.3. The lowest BCUT2D eigenvalue weighted by molar-refractivity contribution is -0.384. The number of hydrogen-bond acceptors (Lipinski definition) is 30. The number of nitrogens with one attached hydrogen (secondary N) is 4. The summed E-state index contributed by atoms with van der Waals surface area (Å²) in [5, 5.41) is 156. The first kappa shape index (κ1) is 97.8. The molecule has 0 amide bonds. The summed E-state index contributed by atoms with van der Waals surface area (Å²) in [6.07, 6.45) is 0. The molecule has 0 spiro atoms. The van der Waals surface area contributed by atoms with Crippen molar-refractivity contribution in [2.24, 2.45) is 30.6 Å². The van der Waals surface area contributed by atoms with Crippen LogP contribution in [0, 0.1) is 17.0 Å². The fourth-order valence-electron chi connectivity index (χ4n) is 17.3. The molecule has 6 unspecified atom stereocenters. The molecule has 16 aromatic carbocycles. The zero-order valence-electron chi connectivity index (χ0n) is 78.8. The number of ether oxygens (including phenoxy) is 6. The number of benzene rings is 16. The monoisotopic (exact) mass is 1970 g/mol. The van der Waals surface area contributed by atoms with Crippen LogP contribution in [0.5, 0.6) is 103 Å². The highest BCUT2D eigenvalue weighted by molar-refractivity contribution is 6.13. The van der Waals surface area contributed by atoms with Crippen LogP contribution in [-0.4, -0.2) is 140 Å². The summed E-state index contributed by atoms with van der Waals surface area (Å²) in [5.41, 5.74) is 31.8. The van der Waals surface area contributed by atoms with E-state index < -0.39 is 4.92 Å². The molecule has 0 saturated carbocycles. The summed E-state index contributed by atoms with van der Waals surface area (Å²) in [7, 11) is 0. The van der Waals surface area contributed by atoms with E-state index in [4.69, 9.17) is 38.6 Å². The highest BCUT2D eigenvalue weighted by Gasteiger charge is 2.37. The molecule has 6 aliphatic heterocycles. The summed E-state index contributed by atoms with van der Waals surface area (Å²) >= 11 is 0. The number of aryl methyl sites for hydroxylation is 1. The zero-order valence-corrected chi connectivity index (χ0v) is 78.8. The van der Waals surface area contributed by atoms with E-state index in [1.165, 1.54) is 23.8 Å². The third kappa shape index (κ3) is 23.9. The third-order valence-electron chi connectivity index (χ3n) is 25.0. The molecule has 16 N–H and O–H groups in total. The Morgan fingerprint density at radius 2 is 0.476 bits per heavy atom. The van der Waals surface area contributed by atoms with Crippen LogP contribution >= 0.6 is 0 Å². The Labute approximate surface area is 843 Å². The molecule has 0 radical (unpaired) electrons. The van der Waals surface area contributed by atoms with Crippen LogP contribution in [0.1, 0.15) is 113 Å². The molecule has 738 valence electrons. The highest BCUT2D eigenvalue weighted by atomic mass is 16.6. The van der Waals surface area contributed by atoms with Gasteiger partial charge < -0.3 is 95.1 Å². The van der Waals surface area contributed by atoms with Gasteiger partial charge in [0, 0.05) is 81.9 Å². The van der Waals surface area contributed by atoms with E-state index in [2.05, 4.69) is 42.1 Å². The third-order valence-corrected chi connectivity index (χ3v) is 25.0. The minimum Gasteiger partial charge on any atom is -0.508 e. The predicted molar refractivity (Wildman–Crippen MR) is 561 cm³/mol. The maximum atomic E-state index is 10.8. The molecular formula is C116H99N11O20. The fourth-order valence-corrected chi connectivity index (χ4v) is 17.3. The van der Waals surface area contributed by atoms with Gasteiger partial charge in [0.25, 0.3) is 5.69 Å².